The molecule has 166 valence electrons. The number of hydrogen-bond acceptors (Lipinski definition) is 4. The highest BCUT2D eigenvalue weighted by Crippen LogP contribution is 2.21. The zero-order valence-corrected chi connectivity index (χ0v) is 18.1. The minimum Gasteiger partial charge on any atom is -0.392 e. The number of aromatic nitrogens is 1. The summed E-state index contributed by atoms with van der Waals surface area (Å²) in [5.41, 5.74) is 3.21. The lowest BCUT2D eigenvalue weighted by molar-refractivity contribution is 0.0378. The van der Waals surface area contributed by atoms with Crippen molar-refractivity contribution in [3.05, 3.63) is 99.0 Å². The van der Waals surface area contributed by atoms with E-state index >= 15 is 0 Å². The van der Waals surface area contributed by atoms with E-state index in [0.29, 0.717) is 5.56 Å². The van der Waals surface area contributed by atoms with Crippen LogP contribution in [0, 0.1) is 25.5 Å². The number of halogens is 2. The summed E-state index contributed by atoms with van der Waals surface area (Å²) >= 11 is 0. The van der Waals surface area contributed by atoms with Crippen LogP contribution in [0.1, 0.15) is 35.1 Å². The van der Waals surface area contributed by atoms with E-state index in [4.69, 9.17) is 4.84 Å². The molecule has 0 spiro atoms. The Morgan fingerprint density at radius 2 is 1.78 bits per heavy atom. The number of piperidine rings is 1. The van der Waals surface area contributed by atoms with Crippen molar-refractivity contribution in [3.63, 3.8) is 0 Å². The van der Waals surface area contributed by atoms with Crippen LogP contribution >= 0.6 is 0 Å². The van der Waals surface area contributed by atoms with Crippen LogP contribution in [0.25, 0.3) is 5.69 Å². The lowest BCUT2D eigenvalue weighted by atomic mass is 10.0. The highest BCUT2D eigenvalue weighted by Gasteiger charge is 2.19. The van der Waals surface area contributed by atoms with Gasteiger partial charge in [0.05, 0.1) is 5.69 Å². The van der Waals surface area contributed by atoms with Crippen LogP contribution < -0.4 is 10.9 Å². The molecule has 0 bridgehead atoms. The first-order valence-electron chi connectivity index (χ1n) is 10.6. The van der Waals surface area contributed by atoms with Crippen molar-refractivity contribution >= 4 is 5.71 Å². The molecule has 0 atom stereocenters. The second-order valence-corrected chi connectivity index (χ2v) is 7.99. The molecule has 3 aromatic rings. The van der Waals surface area contributed by atoms with Crippen molar-refractivity contribution in [1.29, 1.82) is 0 Å². The van der Waals surface area contributed by atoms with Gasteiger partial charge in [0.1, 0.15) is 23.5 Å². The third kappa shape index (κ3) is 4.62. The Kier molecular flexibility index (Phi) is 6.46. The Bertz CT molecular complexity index is 1190. The van der Waals surface area contributed by atoms with Crippen LogP contribution in [-0.4, -0.2) is 29.5 Å². The molecule has 0 saturated carbocycles. The Morgan fingerprint density at radius 3 is 2.47 bits per heavy atom. The number of nitrogens with one attached hydrogen (secondary N) is 1. The number of pyridine rings is 1. The molecule has 0 radical (unpaired) electrons. The highest BCUT2D eigenvalue weighted by molar-refractivity contribution is 6.12. The fourth-order valence-corrected chi connectivity index (χ4v) is 3.95. The first kappa shape index (κ1) is 21.9. The maximum Gasteiger partial charge on any atom is 0.255 e. The van der Waals surface area contributed by atoms with E-state index in [2.05, 4.69) is 10.5 Å². The van der Waals surface area contributed by atoms with Crippen molar-refractivity contribution in [1.82, 2.24) is 9.88 Å². The molecule has 0 amide bonds. The molecule has 0 unspecified atom stereocenters. The van der Waals surface area contributed by atoms with Crippen LogP contribution in [0.15, 0.2) is 64.7 Å². The summed E-state index contributed by atoms with van der Waals surface area (Å²) < 4.78 is 29.8. The molecule has 32 heavy (non-hydrogen) atoms. The molecule has 1 aromatic heterocycles. The van der Waals surface area contributed by atoms with Gasteiger partial charge >= 0.3 is 0 Å². The molecule has 7 heteroatoms. The predicted molar refractivity (Wildman–Crippen MR) is 120 cm³/mol. The smallest absolute Gasteiger partial charge is 0.255 e. The van der Waals surface area contributed by atoms with E-state index < -0.39 is 11.6 Å². The van der Waals surface area contributed by atoms with Crippen LogP contribution in [-0.2, 0) is 4.84 Å². The van der Waals surface area contributed by atoms with Crippen LogP contribution in [0.5, 0.6) is 0 Å². The van der Waals surface area contributed by atoms with E-state index in [-0.39, 0.29) is 22.9 Å². The fourth-order valence-electron chi connectivity index (χ4n) is 3.95. The number of nitrogens with zero attached hydrogens (tertiary/aromatic N) is 2. The van der Waals surface area contributed by atoms with E-state index in [0.717, 1.165) is 48.8 Å². The van der Waals surface area contributed by atoms with Gasteiger partial charge in [-0.2, -0.15) is 0 Å². The molecule has 2 aromatic carbocycles. The molecule has 1 aliphatic rings. The number of oxime groups is 1. The molecule has 1 N–H and O–H groups in total. The summed E-state index contributed by atoms with van der Waals surface area (Å²) in [7, 11) is 0. The standard InChI is InChI=1S/C25H25F2N3O2/c1-16-4-3-5-17(2)25(16)30-15-18(6-9-23(30)31)24(21-8-7-19(26)14-22(21)27)29-32-20-10-12-28-13-11-20/h3-9,14-15,20,28H,10-13H2,1-2H3. The summed E-state index contributed by atoms with van der Waals surface area (Å²) in [5.74, 6) is -1.42. The van der Waals surface area contributed by atoms with E-state index in [9.17, 15) is 13.6 Å². The molecular formula is C25H25F2N3O2. The normalized spacial score (nSPS) is 15.1. The number of rotatable bonds is 5. The second kappa shape index (κ2) is 9.44. The summed E-state index contributed by atoms with van der Waals surface area (Å²) in [6.45, 7) is 5.49. The average molecular weight is 437 g/mol. The predicted octanol–water partition coefficient (Wildman–Crippen LogP) is 4.25. The minimum atomic E-state index is -0.748. The number of para-hydroxylation sites is 1. The van der Waals surface area contributed by atoms with Gasteiger partial charge in [0, 0.05) is 29.5 Å². The molecule has 0 aliphatic carbocycles. The lowest BCUT2D eigenvalue weighted by Crippen LogP contribution is -2.31. The molecule has 1 saturated heterocycles. The van der Waals surface area contributed by atoms with Crippen LogP contribution in [0.2, 0.25) is 0 Å². The van der Waals surface area contributed by atoms with Gasteiger partial charge in [0.15, 0.2) is 0 Å². The number of aryl methyl sites for hydroxylation is 2. The lowest BCUT2D eigenvalue weighted by Gasteiger charge is -2.21. The second-order valence-electron chi connectivity index (χ2n) is 7.99. The Hall–Kier alpha value is -3.32. The van der Waals surface area contributed by atoms with Crippen molar-refractivity contribution in [3.8, 4) is 5.69 Å². The van der Waals surface area contributed by atoms with E-state index in [1.807, 2.05) is 32.0 Å². The SMILES string of the molecule is Cc1cccc(C)c1-n1cc(C(=NOC2CCNCC2)c2ccc(F)cc2F)ccc1=O. The van der Waals surface area contributed by atoms with Gasteiger partial charge in [0.25, 0.3) is 5.56 Å². The minimum absolute atomic E-state index is 0.0979. The fraction of sp³-hybridized carbons (Fsp3) is 0.280. The third-order valence-electron chi connectivity index (χ3n) is 5.63. The molecule has 5 nitrogen and oxygen atoms in total. The average Bonchev–Trinajstić information content (AvgIpc) is 2.77. The quantitative estimate of drug-likeness (QED) is 0.480. The Morgan fingerprint density at radius 1 is 1.06 bits per heavy atom. The van der Waals surface area contributed by atoms with Gasteiger partial charge in [-0.05, 0) is 69.1 Å². The van der Waals surface area contributed by atoms with Crippen molar-refractivity contribution < 1.29 is 13.6 Å². The Labute approximate surface area is 185 Å². The third-order valence-corrected chi connectivity index (χ3v) is 5.63. The molecule has 4 rings (SSSR count). The Balaban J connectivity index is 1.83. The van der Waals surface area contributed by atoms with Crippen LogP contribution in [0.4, 0.5) is 8.78 Å². The zero-order chi connectivity index (χ0) is 22.7. The summed E-state index contributed by atoms with van der Waals surface area (Å²) in [6.07, 6.45) is 3.10. The van der Waals surface area contributed by atoms with Gasteiger partial charge in [-0.15, -0.1) is 0 Å². The van der Waals surface area contributed by atoms with Crippen molar-refractivity contribution in [2.45, 2.75) is 32.8 Å². The van der Waals surface area contributed by atoms with Gasteiger partial charge in [-0.1, -0.05) is 23.4 Å². The monoisotopic (exact) mass is 437 g/mol. The number of benzene rings is 2. The zero-order valence-electron chi connectivity index (χ0n) is 18.1. The van der Waals surface area contributed by atoms with Gasteiger partial charge in [-0.25, -0.2) is 8.78 Å². The molecular weight excluding hydrogens is 412 g/mol. The summed E-state index contributed by atoms with van der Waals surface area (Å²) in [6, 6.07) is 12.1. The summed E-state index contributed by atoms with van der Waals surface area (Å²) in [5, 5.41) is 7.55. The number of hydrogen-bond donors (Lipinski definition) is 1. The van der Waals surface area contributed by atoms with Gasteiger partial charge in [-0.3, -0.25) is 9.36 Å². The van der Waals surface area contributed by atoms with Crippen molar-refractivity contribution in [2.24, 2.45) is 5.16 Å². The van der Waals surface area contributed by atoms with E-state index in [1.165, 1.54) is 22.8 Å². The first-order valence-corrected chi connectivity index (χ1v) is 10.6. The molecule has 2 heterocycles. The van der Waals surface area contributed by atoms with Crippen molar-refractivity contribution in [2.75, 3.05) is 13.1 Å². The van der Waals surface area contributed by atoms with Gasteiger partial charge < -0.3 is 10.2 Å². The maximum absolute atomic E-state index is 14.7. The van der Waals surface area contributed by atoms with E-state index in [1.54, 1.807) is 12.3 Å². The topological polar surface area (TPSA) is 55.6 Å². The molecule has 1 aliphatic heterocycles. The van der Waals surface area contributed by atoms with Gasteiger partial charge in [0.2, 0.25) is 0 Å². The van der Waals surface area contributed by atoms with Crippen LogP contribution in [0.3, 0.4) is 0 Å². The summed E-state index contributed by atoms with van der Waals surface area (Å²) in [4.78, 5) is 18.5. The maximum atomic E-state index is 14.7. The largest absolute Gasteiger partial charge is 0.392 e. The first-order chi connectivity index (χ1) is 15.4. The molecule has 1 fully saturated rings. The highest BCUT2D eigenvalue weighted by atomic mass is 19.1.